The van der Waals surface area contributed by atoms with Crippen molar-refractivity contribution in [2.45, 2.75) is 38.8 Å². The molecule has 6 heteroatoms. The summed E-state index contributed by atoms with van der Waals surface area (Å²) in [6, 6.07) is -0.989. The first-order chi connectivity index (χ1) is 8.97. The molecule has 0 aromatic heterocycles. The molecule has 0 spiro atoms. The van der Waals surface area contributed by atoms with Crippen molar-refractivity contribution in [1.82, 2.24) is 10.2 Å². The largest absolute Gasteiger partial charge is 0.480 e. The maximum absolute atomic E-state index is 12.0. The molecule has 1 aliphatic rings. The first kappa shape index (κ1) is 15.9. The van der Waals surface area contributed by atoms with Gasteiger partial charge in [-0.25, -0.2) is 0 Å². The number of aliphatic carboxylic acids is 1. The number of nitrogens with one attached hydrogen (secondary N) is 1. The number of methoxy groups -OCH3 is 1. The van der Waals surface area contributed by atoms with Gasteiger partial charge in [-0.2, -0.15) is 0 Å². The van der Waals surface area contributed by atoms with Gasteiger partial charge in [0, 0.05) is 20.2 Å². The van der Waals surface area contributed by atoms with Gasteiger partial charge in [-0.05, 0) is 25.7 Å². The van der Waals surface area contributed by atoms with Crippen molar-refractivity contribution in [1.29, 1.82) is 0 Å². The Labute approximate surface area is 114 Å². The molecule has 1 saturated heterocycles. The second-order valence-corrected chi connectivity index (χ2v) is 5.18. The van der Waals surface area contributed by atoms with Crippen LogP contribution in [0.1, 0.15) is 26.7 Å². The number of carbonyl (C=O) groups excluding carboxylic acids is 1. The fraction of sp³-hybridized carbons (Fsp3) is 0.846. The lowest BCUT2D eigenvalue weighted by Gasteiger charge is -2.39. The number of carboxylic acid groups (broad SMARTS) is 1. The molecule has 0 radical (unpaired) electrons. The monoisotopic (exact) mass is 272 g/mol. The predicted molar refractivity (Wildman–Crippen MR) is 70.9 cm³/mol. The van der Waals surface area contributed by atoms with Gasteiger partial charge >= 0.3 is 5.97 Å². The fourth-order valence-electron chi connectivity index (χ4n) is 2.44. The maximum atomic E-state index is 12.0. The minimum absolute atomic E-state index is 0.141. The van der Waals surface area contributed by atoms with Crippen LogP contribution in [0.2, 0.25) is 0 Å². The van der Waals surface area contributed by atoms with E-state index in [1.54, 1.807) is 18.9 Å². The smallest absolute Gasteiger partial charge is 0.320 e. The Morgan fingerprint density at radius 2 is 2.21 bits per heavy atom. The molecule has 2 N–H and O–H groups in total. The maximum Gasteiger partial charge on any atom is 0.320 e. The summed E-state index contributed by atoms with van der Waals surface area (Å²) >= 11 is 0. The third-order valence-corrected chi connectivity index (χ3v) is 3.67. The lowest BCUT2D eigenvalue weighted by Crippen LogP contribution is -2.55. The van der Waals surface area contributed by atoms with E-state index in [1.807, 2.05) is 0 Å². The number of piperidine rings is 1. The van der Waals surface area contributed by atoms with Crippen LogP contribution in [0.15, 0.2) is 0 Å². The molecule has 0 aliphatic carbocycles. The summed E-state index contributed by atoms with van der Waals surface area (Å²) in [5.74, 6) is -0.595. The van der Waals surface area contributed by atoms with Crippen LogP contribution in [0.25, 0.3) is 0 Å². The van der Waals surface area contributed by atoms with E-state index in [9.17, 15) is 14.7 Å². The normalized spacial score (nSPS) is 25.8. The predicted octanol–water partition coefficient (Wildman–Crippen LogP) is 0.323. The molecule has 19 heavy (non-hydrogen) atoms. The number of ether oxygens (including phenoxy) is 1. The summed E-state index contributed by atoms with van der Waals surface area (Å²) < 4.78 is 4.87. The van der Waals surface area contributed by atoms with Gasteiger partial charge in [0.25, 0.3) is 0 Å². The van der Waals surface area contributed by atoms with E-state index < -0.39 is 18.1 Å². The summed E-state index contributed by atoms with van der Waals surface area (Å²) in [5, 5.41) is 12.0. The van der Waals surface area contributed by atoms with Gasteiger partial charge in [-0.1, -0.05) is 6.92 Å². The molecule has 6 nitrogen and oxygen atoms in total. The van der Waals surface area contributed by atoms with Gasteiger partial charge < -0.3 is 15.2 Å². The van der Waals surface area contributed by atoms with Crippen LogP contribution < -0.4 is 5.32 Å². The first-order valence-corrected chi connectivity index (χ1v) is 6.72. The molecule has 0 saturated carbocycles. The van der Waals surface area contributed by atoms with E-state index in [4.69, 9.17) is 4.74 Å². The van der Waals surface area contributed by atoms with Crippen molar-refractivity contribution in [3.63, 3.8) is 0 Å². The third-order valence-electron chi connectivity index (χ3n) is 3.67. The van der Waals surface area contributed by atoms with Crippen molar-refractivity contribution in [3.05, 3.63) is 0 Å². The van der Waals surface area contributed by atoms with E-state index in [2.05, 4.69) is 12.2 Å². The van der Waals surface area contributed by atoms with Crippen LogP contribution in [-0.2, 0) is 14.3 Å². The highest BCUT2D eigenvalue weighted by atomic mass is 16.5. The zero-order chi connectivity index (χ0) is 14.4. The molecule has 110 valence electrons. The molecule has 1 heterocycles. The van der Waals surface area contributed by atoms with Crippen LogP contribution in [0.4, 0.5) is 0 Å². The molecule has 3 atom stereocenters. The second kappa shape index (κ2) is 7.45. The highest BCUT2D eigenvalue weighted by molar-refractivity contribution is 5.82. The van der Waals surface area contributed by atoms with Crippen molar-refractivity contribution in [2.24, 2.45) is 5.92 Å². The minimum atomic E-state index is -0.844. The van der Waals surface area contributed by atoms with E-state index in [1.165, 1.54) is 0 Å². The summed E-state index contributed by atoms with van der Waals surface area (Å²) in [7, 11) is 1.57. The zero-order valence-corrected chi connectivity index (χ0v) is 11.9. The molecular formula is C13H24N2O4. The molecule has 1 fully saturated rings. The van der Waals surface area contributed by atoms with Crippen molar-refractivity contribution >= 4 is 11.9 Å². The number of rotatable bonds is 6. The third kappa shape index (κ3) is 4.47. The SMILES string of the molecule is COCCNC(=O)C(C)N1CCC(C)CC1C(=O)O. The molecule has 0 bridgehead atoms. The molecule has 1 aliphatic heterocycles. The van der Waals surface area contributed by atoms with Gasteiger partial charge in [0.1, 0.15) is 6.04 Å². The molecule has 1 rings (SSSR count). The van der Waals surface area contributed by atoms with Gasteiger partial charge in [-0.15, -0.1) is 0 Å². The second-order valence-electron chi connectivity index (χ2n) is 5.18. The van der Waals surface area contributed by atoms with Crippen molar-refractivity contribution in [3.8, 4) is 0 Å². The Morgan fingerprint density at radius 1 is 1.53 bits per heavy atom. The molecule has 0 aromatic carbocycles. The number of likely N-dealkylation sites (tertiary alicyclic amines) is 1. The van der Waals surface area contributed by atoms with Gasteiger partial charge in [0.15, 0.2) is 0 Å². The Kier molecular flexibility index (Phi) is 6.24. The number of carboxylic acids is 1. The van der Waals surface area contributed by atoms with Gasteiger partial charge in [0.2, 0.25) is 5.91 Å². The molecule has 3 unspecified atom stereocenters. The fourth-order valence-corrected chi connectivity index (χ4v) is 2.44. The van der Waals surface area contributed by atoms with Crippen LogP contribution in [0.5, 0.6) is 0 Å². The average molecular weight is 272 g/mol. The van der Waals surface area contributed by atoms with Crippen molar-refractivity contribution in [2.75, 3.05) is 26.8 Å². The average Bonchev–Trinajstić information content (AvgIpc) is 2.38. The first-order valence-electron chi connectivity index (χ1n) is 6.72. The summed E-state index contributed by atoms with van der Waals surface area (Å²) in [6.07, 6.45) is 1.53. The lowest BCUT2D eigenvalue weighted by atomic mass is 9.91. The van der Waals surface area contributed by atoms with Crippen LogP contribution >= 0.6 is 0 Å². The number of carbonyl (C=O) groups is 2. The number of amides is 1. The number of hydrogen-bond donors (Lipinski definition) is 2. The standard InChI is InChI=1S/C13H24N2O4/c1-9-4-6-15(11(8-9)13(17)18)10(2)12(16)14-5-7-19-3/h9-11H,4-8H2,1-3H3,(H,14,16)(H,17,18). The Balaban J connectivity index is 2.59. The van der Waals surface area contributed by atoms with Crippen molar-refractivity contribution < 1.29 is 19.4 Å². The van der Waals surface area contributed by atoms with E-state index in [0.717, 1.165) is 6.42 Å². The Bertz CT molecular complexity index is 322. The Morgan fingerprint density at radius 3 is 2.79 bits per heavy atom. The van der Waals surface area contributed by atoms with E-state index in [0.29, 0.717) is 32.0 Å². The zero-order valence-electron chi connectivity index (χ0n) is 11.9. The van der Waals surface area contributed by atoms with Gasteiger partial charge in [-0.3, -0.25) is 14.5 Å². The summed E-state index contributed by atoms with van der Waals surface area (Å²) in [4.78, 5) is 25.1. The summed E-state index contributed by atoms with van der Waals surface area (Å²) in [6.45, 7) is 5.36. The van der Waals surface area contributed by atoms with Gasteiger partial charge in [0.05, 0.1) is 12.6 Å². The molecule has 1 amide bonds. The van der Waals surface area contributed by atoms with Crippen LogP contribution in [-0.4, -0.2) is 60.8 Å². The quantitative estimate of drug-likeness (QED) is 0.681. The highest BCUT2D eigenvalue weighted by Crippen LogP contribution is 2.24. The van der Waals surface area contributed by atoms with Crippen LogP contribution in [0, 0.1) is 5.92 Å². The molecular weight excluding hydrogens is 248 g/mol. The summed E-state index contributed by atoms with van der Waals surface area (Å²) in [5.41, 5.74) is 0. The topological polar surface area (TPSA) is 78.9 Å². The number of hydrogen-bond acceptors (Lipinski definition) is 4. The minimum Gasteiger partial charge on any atom is -0.480 e. The van der Waals surface area contributed by atoms with E-state index in [-0.39, 0.29) is 5.91 Å². The van der Waals surface area contributed by atoms with Crippen LogP contribution in [0.3, 0.4) is 0 Å². The number of nitrogens with zero attached hydrogens (tertiary/aromatic N) is 1. The highest BCUT2D eigenvalue weighted by Gasteiger charge is 2.36. The van der Waals surface area contributed by atoms with E-state index >= 15 is 0 Å². The lowest BCUT2D eigenvalue weighted by molar-refractivity contribution is -0.148. The Hall–Kier alpha value is -1.14. The molecule has 0 aromatic rings.